The van der Waals surface area contributed by atoms with Crippen LogP contribution in [0.3, 0.4) is 0 Å². The van der Waals surface area contributed by atoms with Crippen LogP contribution in [0.15, 0.2) is 21.3 Å². The topological polar surface area (TPSA) is 104 Å². The van der Waals surface area contributed by atoms with Gasteiger partial charge in [0.05, 0.1) is 12.2 Å². The first-order chi connectivity index (χ1) is 11.5. The SMILES string of the molecule is COCCOc1cc2oc(=O)c(C)c(C)c2cc1C(=O)NCCN. The van der Waals surface area contributed by atoms with Crippen LogP contribution >= 0.6 is 0 Å². The van der Waals surface area contributed by atoms with E-state index in [1.165, 1.54) is 0 Å². The van der Waals surface area contributed by atoms with Gasteiger partial charge >= 0.3 is 5.63 Å². The molecular weight excluding hydrogens is 312 g/mol. The monoisotopic (exact) mass is 334 g/mol. The predicted molar refractivity (Wildman–Crippen MR) is 90.7 cm³/mol. The second-order valence-corrected chi connectivity index (χ2v) is 5.37. The highest BCUT2D eigenvalue weighted by atomic mass is 16.5. The van der Waals surface area contributed by atoms with Crippen LogP contribution in [-0.2, 0) is 4.74 Å². The van der Waals surface area contributed by atoms with Gasteiger partial charge < -0.3 is 24.9 Å². The van der Waals surface area contributed by atoms with Gasteiger partial charge in [0, 0.05) is 37.2 Å². The smallest absolute Gasteiger partial charge is 0.339 e. The maximum atomic E-state index is 12.4. The summed E-state index contributed by atoms with van der Waals surface area (Å²) in [4.78, 5) is 24.3. The second-order valence-electron chi connectivity index (χ2n) is 5.37. The van der Waals surface area contributed by atoms with Crippen LogP contribution in [0.25, 0.3) is 11.0 Å². The van der Waals surface area contributed by atoms with Gasteiger partial charge in [-0.15, -0.1) is 0 Å². The minimum atomic E-state index is -0.400. The Morgan fingerprint density at radius 3 is 2.67 bits per heavy atom. The van der Waals surface area contributed by atoms with Crippen LogP contribution < -0.4 is 21.4 Å². The second kappa shape index (κ2) is 7.94. The van der Waals surface area contributed by atoms with Crippen molar-refractivity contribution in [3.05, 3.63) is 39.2 Å². The maximum absolute atomic E-state index is 12.4. The minimum Gasteiger partial charge on any atom is -0.490 e. The molecule has 1 aromatic carbocycles. The van der Waals surface area contributed by atoms with Crippen LogP contribution in [0.4, 0.5) is 0 Å². The summed E-state index contributed by atoms with van der Waals surface area (Å²) in [5.41, 5.74) is 7.07. The quantitative estimate of drug-likeness (QED) is 0.581. The van der Waals surface area contributed by atoms with Gasteiger partial charge in [-0.05, 0) is 25.5 Å². The number of carbonyl (C=O) groups is 1. The van der Waals surface area contributed by atoms with Crippen molar-refractivity contribution in [2.24, 2.45) is 5.73 Å². The molecule has 0 fully saturated rings. The predicted octanol–water partition coefficient (Wildman–Crippen LogP) is 1.12. The number of benzene rings is 1. The van der Waals surface area contributed by atoms with Crippen LogP contribution in [0.1, 0.15) is 21.5 Å². The van der Waals surface area contributed by atoms with E-state index < -0.39 is 5.63 Å². The average molecular weight is 334 g/mol. The number of ether oxygens (including phenoxy) is 2. The van der Waals surface area contributed by atoms with E-state index in [1.807, 2.05) is 6.92 Å². The summed E-state index contributed by atoms with van der Waals surface area (Å²) in [5.74, 6) is 0.0403. The first-order valence-corrected chi connectivity index (χ1v) is 7.67. The summed E-state index contributed by atoms with van der Waals surface area (Å²) in [6.45, 7) is 4.86. The molecule has 24 heavy (non-hydrogen) atoms. The Kier molecular flexibility index (Phi) is 5.94. The molecule has 2 rings (SSSR count). The van der Waals surface area contributed by atoms with E-state index in [-0.39, 0.29) is 12.5 Å². The fourth-order valence-electron chi connectivity index (χ4n) is 2.28. The van der Waals surface area contributed by atoms with Crippen molar-refractivity contribution in [3.63, 3.8) is 0 Å². The average Bonchev–Trinajstić information content (AvgIpc) is 2.57. The molecule has 130 valence electrons. The van der Waals surface area contributed by atoms with Crippen molar-refractivity contribution < 1.29 is 18.7 Å². The molecule has 1 aromatic heterocycles. The van der Waals surface area contributed by atoms with Crippen molar-refractivity contribution in [2.45, 2.75) is 13.8 Å². The number of rotatable bonds is 7. The van der Waals surface area contributed by atoms with E-state index in [2.05, 4.69) is 5.32 Å². The van der Waals surface area contributed by atoms with Crippen molar-refractivity contribution >= 4 is 16.9 Å². The molecule has 0 saturated heterocycles. The number of hydrogen-bond acceptors (Lipinski definition) is 6. The number of aryl methyl sites for hydroxylation is 1. The first kappa shape index (κ1) is 18.0. The lowest BCUT2D eigenvalue weighted by molar-refractivity contribution is 0.0947. The molecule has 1 heterocycles. The number of hydrogen-bond donors (Lipinski definition) is 2. The summed E-state index contributed by atoms with van der Waals surface area (Å²) in [5, 5.41) is 3.42. The molecule has 2 aromatic rings. The number of nitrogens with two attached hydrogens (primary N) is 1. The van der Waals surface area contributed by atoms with E-state index in [4.69, 9.17) is 19.6 Å². The highest BCUT2D eigenvalue weighted by Crippen LogP contribution is 2.28. The van der Waals surface area contributed by atoms with E-state index in [9.17, 15) is 9.59 Å². The fourth-order valence-corrected chi connectivity index (χ4v) is 2.28. The Balaban J connectivity index is 2.55. The van der Waals surface area contributed by atoms with Gasteiger partial charge in [-0.2, -0.15) is 0 Å². The Morgan fingerprint density at radius 1 is 1.25 bits per heavy atom. The third-order valence-corrected chi connectivity index (χ3v) is 3.78. The molecule has 0 radical (unpaired) electrons. The Labute approximate surface area is 139 Å². The van der Waals surface area contributed by atoms with Crippen molar-refractivity contribution in [2.75, 3.05) is 33.4 Å². The molecule has 0 saturated carbocycles. The van der Waals surface area contributed by atoms with Crippen molar-refractivity contribution in [3.8, 4) is 5.75 Å². The molecule has 0 aliphatic heterocycles. The van der Waals surface area contributed by atoms with E-state index in [1.54, 1.807) is 26.2 Å². The summed E-state index contributed by atoms with van der Waals surface area (Å²) < 4.78 is 15.9. The fraction of sp³-hybridized carbons (Fsp3) is 0.412. The Hall–Kier alpha value is -2.38. The van der Waals surface area contributed by atoms with Crippen LogP contribution in [0.5, 0.6) is 5.75 Å². The zero-order valence-corrected chi connectivity index (χ0v) is 14.1. The molecule has 7 nitrogen and oxygen atoms in total. The largest absolute Gasteiger partial charge is 0.490 e. The maximum Gasteiger partial charge on any atom is 0.339 e. The number of amides is 1. The van der Waals surface area contributed by atoms with Crippen LogP contribution in [-0.4, -0.2) is 39.3 Å². The Bertz CT molecular complexity index is 798. The van der Waals surface area contributed by atoms with Crippen molar-refractivity contribution in [1.82, 2.24) is 5.32 Å². The molecule has 0 bridgehead atoms. The highest BCUT2D eigenvalue weighted by molar-refractivity contribution is 6.01. The van der Waals surface area contributed by atoms with Gasteiger partial charge in [0.2, 0.25) is 0 Å². The normalized spacial score (nSPS) is 10.8. The third-order valence-electron chi connectivity index (χ3n) is 3.78. The molecule has 3 N–H and O–H groups in total. The van der Waals surface area contributed by atoms with Gasteiger partial charge in [-0.25, -0.2) is 4.79 Å². The van der Waals surface area contributed by atoms with Crippen molar-refractivity contribution in [1.29, 1.82) is 0 Å². The van der Waals surface area contributed by atoms with Gasteiger partial charge in [0.1, 0.15) is 17.9 Å². The number of fused-ring (bicyclic) bond motifs is 1. The van der Waals surface area contributed by atoms with Crippen LogP contribution in [0, 0.1) is 13.8 Å². The number of methoxy groups -OCH3 is 1. The minimum absolute atomic E-state index is 0.272. The zero-order chi connectivity index (χ0) is 17.7. The number of carbonyl (C=O) groups excluding carboxylic acids is 1. The van der Waals surface area contributed by atoms with E-state index in [0.29, 0.717) is 47.5 Å². The number of nitrogens with one attached hydrogen (secondary N) is 1. The lowest BCUT2D eigenvalue weighted by Gasteiger charge is -2.13. The molecular formula is C17H22N2O5. The van der Waals surface area contributed by atoms with Gasteiger partial charge in [0.15, 0.2) is 0 Å². The summed E-state index contributed by atoms with van der Waals surface area (Å²) in [6, 6.07) is 3.24. The van der Waals surface area contributed by atoms with E-state index >= 15 is 0 Å². The zero-order valence-electron chi connectivity index (χ0n) is 14.1. The summed E-state index contributed by atoms with van der Waals surface area (Å²) >= 11 is 0. The standard InChI is InChI=1S/C17H22N2O5/c1-10-11(2)17(21)24-15-9-14(23-7-6-22-3)13(8-12(10)15)16(20)19-5-4-18/h8-9H,4-7,18H2,1-3H3,(H,19,20). The Morgan fingerprint density at radius 2 is 2.00 bits per heavy atom. The molecule has 0 spiro atoms. The van der Waals surface area contributed by atoms with Crippen LogP contribution in [0.2, 0.25) is 0 Å². The molecule has 0 unspecified atom stereocenters. The third kappa shape index (κ3) is 3.74. The van der Waals surface area contributed by atoms with Gasteiger partial charge in [-0.3, -0.25) is 4.79 Å². The summed E-state index contributed by atoms with van der Waals surface area (Å²) in [6.07, 6.45) is 0. The molecule has 0 aliphatic carbocycles. The highest BCUT2D eigenvalue weighted by Gasteiger charge is 2.17. The lowest BCUT2D eigenvalue weighted by Crippen LogP contribution is -2.29. The summed E-state index contributed by atoms with van der Waals surface area (Å²) in [7, 11) is 1.56. The molecule has 1 amide bonds. The van der Waals surface area contributed by atoms with E-state index in [0.717, 1.165) is 5.56 Å². The molecule has 7 heteroatoms. The first-order valence-electron chi connectivity index (χ1n) is 7.67. The lowest BCUT2D eigenvalue weighted by atomic mass is 10.0. The molecule has 0 atom stereocenters. The van der Waals surface area contributed by atoms with Gasteiger partial charge in [0.25, 0.3) is 5.91 Å². The molecule has 0 aliphatic rings. The van der Waals surface area contributed by atoms with Gasteiger partial charge in [-0.1, -0.05) is 0 Å².